The first-order valence-corrected chi connectivity index (χ1v) is 42.0. The highest BCUT2D eigenvalue weighted by molar-refractivity contribution is 6.32. The lowest BCUT2D eigenvalue weighted by Crippen LogP contribution is -2.61. The Labute approximate surface area is 733 Å². The van der Waals surface area contributed by atoms with Gasteiger partial charge in [0, 0.05) is 185 Å². The summed E-state index contributed by atoms with van der Waals surface area (Å²) in [6.45, 7) is 8.77. The first-order valence-electron chi connectivity index (χ1n) is 42.0. The normalized spacial score (nSPS) is 24.9. The number of hydrogen-bond donors (Lipinski definition) is 20. The molecule has 11 rings (SSSR count). The summed E-state index contributed by atoms with van der Waals surface area (Å²) in [7, 11) is 12.5. The largest absolute Gasteiger partial charge is 0.507 e. The molecule has 7 aliphatic rings. The zero-order valence-corrected chi connectivity index (χ0v) is 73.4. The van der Waals surface area contributed by atoms with E-state index in [1.807, 2.05) is 35.2 Å². The molecule has 127 heavy (non-hydrogen) atoms. The van der Waals surface area contributed by atoms with Gasteiger partial charge < -0.3 is 140 Å². The van der Waals surface area contributed by atoms with Crippen LogP contribution in [0.3, 0.4) is 0 Å². The maximum absolute atomic E-state index is 13.9. The molecule has 40 nitrogen and oxygen atoms in total. The predicted molar refractivity (Wildman–Crippen MR) is 452 cm³/mol. The van der Waals surface area contributed by atoms with Crippen molar-refractivity contribution >= 4 is 69.8 Å². The van der Waals surface area contributed by atoms with Gasteiger partial charge in [-0.05, 0) is 73.1 Å². The van der Waals surface area contributed by atoms with Crippen LogP contribution in [0.2, 0.25) is 0 Å². The van der Waals surface area contributed by atoms with E-state index in [2.05, 4.69) is 26.6 Å². The van der Waals surface area contributed by atoms with Crippen molar-refractivity contribution in [3.63, 3.8) is 0 Å². The van der Waals surface area contributed by atoms with E-state index >= 15 is 0 Å². The summed E-state index contributed by atoms with van der Waals surface area (Å²) in [6, 6.07) is 8.98. The third kappa shape index (κ3) is 22.7. The number of nitrogens with zero attached hydrogens (tertiary/aromatic N) is 1. The van der Waals surface area contributed by atoms with Crippen molar-refractivity contribution in [3.8, 4) is 34.5 Å². The summed E-state index contributed by atoms with van der Waals surface area (Å²) < 4.78 is 34.8. The fourth-order valence-corrected chi connectivity index (χ4v) is 17.1. The first kappa shape index (κ1) is 103. The molecule has 3 heterocycles. The van der Waals surface area contributed by atoms with Gasteiger partial charge in [-0.25, -0.2) is 4.79 Å². The van der Waals surface area contributed by atoms with E-state index < -0.39 is 226 Å². The summed E-state index contributed by atoms with van der Waals surface area (Å²) in [5, 5.41) is 127. The Morgan fingerprint density at radius 1 is 0.551 bits per heavy atom. The lowest BCUT2D eigenvalue weighted by Gasteiger charge is -2.42. The Bertz CT molecular complexity index is 4710. The number of imide groups is 1. The number of carbonyl (C=O) groups is 12. The minimum atomic E-state index is -2.37. The van der Waals surface area contributed by atoms with Crippen molar-refractivity contribution in [3.05, 3.63) is 103 Å². The number of rotatable bonds is 34. The number of likely N-dealkylation sites (N-methyl/N-ethyl adjacent to an activating group) is 5. The third-order valence-corrected chi connectivity index (χ3v) is 24.3. The molecule has 0 spiro atoms. The summed E-state index contributed by atoms with van der Waals surface area (Å²) in [6.07, 6.45) is -13.4. The predicted octanol–water partition coefficient (Wildman–Crippen LogP) is -1.64. The Morgan fingerprint density at radius 2 is 0.929 bits per heavy atom. The molecular formula is C87H123N11O29. The number of hydroxylamine groups is 2. The minimum absolute atomic E-state index is 0.00862. The lowest BCUT2D eigenvalue weighted by atomic mass is 9.72. The number of phenols is 4. The fourth-order valence-electron chi connectivity index (χ4n) is 17.1. The molecule has 3 aliphatic heterocycles. The molecule has 4 aromatic carbocycles. The van der Waals surface area contributed by atoms with Crippen LogP contribution < -0.4 is 64.7 Å². The standard InChI is InChI=1S/C36H37NO16.C36H42O13.C10H27N5.C5H17N5/c1-15-31(44)16(10-17(39)6-9-25(43)53-37-23(41)7-8-24(37)42)11-26(51-15)52-21-13-36(49,22(40)14-38)12-19-28(21)35(48)30-29(33(19)46)32(45)18-4-3-5-20(50-2)27(18)34(30)47;1-16-30(41)17(11-18(38)9-10-23(39)35(2,3)4)12-25(48-16)49-22-14-36(46,24(40)15-37)13-20-27(22)34(45)29-28(32(20)43)31(42)19-7-6-8-21(47-5)26(19)33(29)44;1-11-6-8(13-3)10(15-5)9(14-4)7-12-2;6-1-3(8)5(10)4(9)2-7/h3-5,15-16,21,26,31,38,44,46,48-49H,6-14H2,1-2H3;6-8,16-17,22,25,30,37,41,43,45-46H,9-15H2,1-5H3;8-15H,6-7H2,1-5H3;3-5H,1-2,6-10H2/t15-,16-,21-,26?,31+,36-;16-,17-,22-,25?,30+,36-;;/m00../s1. The van der Waals surface area contributed by atoms with E-state index in [0.29, 0.717) is 36.3 Å². The maximum atomic E-state index is 13.9. The second-order valence-corrected chi connectivity index (χ2v) is 33.8. The van der Waals surface area contributed by atoms with E-state index in [0.717, 1.165) is 13.1 Å². The molecule has 0 bridgehead atoms. The summed E-state index contributed by atoms with van der Waals surface area (Å²) in [5.74, 6) is -12.8. The highest BCUT2D eigenvalue weighted by Crippen LogP contribution is 2.55. The van der Waals surface area contributed by atoms with Gasteiger partial charge in [-0.3, -0.25) is 52.7 Å². The van der Waals surface area contributed by atoms with Gasteiger partial charge in [0.15, 0.2) is 35.7 Å². The summed E-state index contributed by atoms with van der Waals surface area (Å²) >= 11 is 0. The number of ketones is 9. The number of carbonyl (C=O) groups excluding carboxylic acids is 12. The number of phenolic OH excluding ortho intramolecular Hbond substituents is 4. The Kier molecular flexibility index (Phi) is 35.8. The van der Waals surface area contributed by atoms with Crippen molar-refractivity contribution in [1.82, 2.24) is 31.6 Å². The highest BCUT2D eigenvalue weighted by atomic mass is 16.7. The molecule has 0 saturated carbocycles. The number of ether oxygens (including phenoxy) is 6. The number of Topliss-reactive ketones (excluding diaryl/α,β-unsaturated/α-hetero) is 5. The van der Waals surface area contributed by atoms with Gasteiger partial charge in [0.2, 0.25) is 11.6 Å². The van der Waals surface area contributed by atoms with E-state index in [4.69, 9.17) is 61.9 Å². The Hall–Kier alpha value is -9.48. The number of hydrogen-bond acceptors (Lipinski definition) is 39. The zero-order valence-electron chi connectivity index (χ0n) is 73.4. The molecule has 4 aromatic rings. The van der Waals surface area contributed by atoms with Gasteiger partial charge >= 0.3 is 5.97 Å². The molecule has 0 radical (unpaired) electrons. The lowest BCUT2D eigenvalue weighted by molar-refractivity contribution is -0.257. The van der Waals surface area contributed by atoms with Gasteiger partial charge in [-0.2, -0.15) is 0 Å². The fraction of sp³-hybridized carbons (Fsp3) is 0.586. The van der Waals surface area contributed by atoms with Gasteiger partial charge in [0.1, 0.15) is 76.3 Å². The molecule has 2 amide bonds. The molecule has 40 heteroatoms. The second kappa shape index (κ2) is 44.2. The second-order valence-electron chi connectivity index (χ2n) is 33.8. The molecule has 3 fully saturated rings. The van der Waals surface area contributed by atoms with Gasteiger partial charge in [-0.1, -0.05) is 45.0 Å². The number of benzene rings is 4. The van der Waals surface area contributed by atoms with E-state index in [1.54, 1.807) is 27.7 Å². The van der Waals surface area contributed by atoms with Crippen LogP contribution in [0, 0.1) is 17.3 Å². The Balaban J connectivity index is 0.000000248. The highest BCUT2D eigenvalue weighted by Gasteiger charge is 2.54. The van der Waals surface area contributed by atoms with E-state index in [9.17, 15) is 109 Å². The first-order chi connectivity index (χ1) is 59.9. The number of methoxy groups -OCH3 is 2. The van der Waals surface area contributed by atoms with Crippen LogP contribution in [0.4, 0.5) is 0 Å². The molecule has 16 atom stereocenters. The molecule has 0 aromatic heterocycles. The number of nitrogens with one attached hydrogen (secondary N) is 5. The topological polar surface area (TPSA) is 665 Å². The number of fused-ring (bicyclic) bond motifs is 6. The molecule has 700 valence electrons. The van der Waals surface area contributed by atoms with Gasteiger partial charge in [-0.15, -0.1) is 5.06 Å². The summed E-state index contributed by atoms with van der Waals surface area (Å²) in [4.78, 5) is 159. The van der Waals surface area contributed by atoms with Crippen molar-refractivity contribution in [2.45, 2.75) is 221 Å². The average Bonchev–Trinajstić information content (AvgIpc) is 0.835. The van der Waals surface area contributed by atoms with E-state index in [-0.39, 0.29) is 143 Å². The number of nitrogens with two attached hydrogens (primary N) is 5. The quantitative estimate of drug-likeness (QED) is 0.0159. The average molecular weight is 1790 g/mol. The molecular weight excluding hydrogens is 1660 g/mol. The van der Waals surface area contributed by atoms with Crippen LogP contribution in [0.5, 0.6) is 34.5 Å². The molecule has 3 saturated heterocycles. The molecule has 4 aliphatic carbocycles. The molecule has 6 unspecified atom stereocenters. The van der Waals surface area contributed by atoms with Crippen LogP contribution in [-0.2, 0) is 75.0 Å². The number of aliphatic hydroxyl groups is 6. The van der Waals surface area contributed by atoms with Crippen molar-refractivity contribution in [2.24, 2.45) is 45.9 Å². The number of aromatic hydroxyl groups is 4. The maximum Gasteiger partial charge on any atom is 0.333 e. The third-order valence-electron chi connectivity index (χ3n) is 24.3. The van der Waals surface area contributed by atoms with Crippen molar-refractivity contribution < 1.29 is 142 Å². The number of aliphatic hydroxyl groups excluding tert-OH is 4. The zero-order chi connectivity index (χ0) is 94.5. The molecule has 25 N–H and O–H groups in total. The minimum Gasteiger partial charge on any atom is -0.507 e. The smallest absolute Gasteiger partial charge is 0.333 e. The van der Waals surface area contributed by atoms with Crippen molar-refractivity contribution in [1.29, 1.82) is 0 Å². The Morgan fingerprint density at radius 3 is 1.27 bits per heavy atom. The van der Waals surface area contributed by atoms with E-state index in [1.165, 1.54) is 57.5 Å². The van der Waals surface area contributed by atoms with Gasteiger partial charge in [0.05, 0.1) is 90.6 Å². The van der Waals surface area contributed by atoms with Crippen LogP contribution in [0.25, 0.3) is 0 Å². The summed E-state index contributed by atoms with van der Waals surface area (Å²) in [5.41, 5.74) is 18.3. The van der Waals surface area contributed by atoms with Crippen molar-refractivity contribution in [2.75, 3.05) is 88.9 Å². The van der Waals surface area contributed by atoms with Crippen LogP contribution in [0.1, 0.15) is 210 Å². The van der Waals surface area contributed by atoms with Crippen LogP contribution in [0.15, 0.2) is 36.4 Å². The number of amides is 2. The SMILES string of the molecule is CNCC(NC)C(NC)C(CNC)NC.COc1cccc2c1C(=O)c1c(O)c3c(c(O)c1C2=O)C[C@@](O)(C(=O)CO)C[C@@H]3OC1C[C@H](CC(=O)CCC(=O)C(C)(C)C)[C@H](O)[C@H](C)O1.COc1cccc2c1C(=O)c1c(O)c3c(c(O)c1C2=O)C[C@@](O)(C(=O)CO)C[C@@H]3OC1C[C@H](CC(=O)CCC(=O)ON2C(=O)CCC2=O)[C@H](O)[C@H](C)O1.NCC(N)C(N)C(N)CN. The van der Waals surface area contributed by atoms with Gasteiger partial charge in [0.25, 0.3) is 11.8 Å². The monoisotopic (exact) mass is 1790 g/mol. The van der Waals surface area contributed by atoms with Crippen LogP contribution in [-0.4, -0.2) is 299 Å². The van der Waals surface area contributed by atoms with Crippen LogP contribution >= 0.6 is 0 Å².